The molecule has 1 saturated heterocycles. The smallest absolute Gasteiger partial charge is 0.0724 e. The Morgan fingerprint density at radius 1 is 0.960 bits per heavy atom. The number of nitrogens with zero attached hydrogens (tertiary/aromatic N) is 2. The molecule has 0 unspecified atom stereocenters. The van der Waals surface area contributed by atoms with Crippen LogP contribution >= 0.6 is 11.6 Å². The van der Waals surface area contributed by atoms with Gasteiger partial charge in [0, 0.05) is 24.2 Å². The number of fused-ring (bicyclic) bond motifs is 1. The first-order valence-corrected chi connectivity index (χ1v) is 8.83. The molecule has 0 spiro atoms. The van der Waals surface area contributed by atoms with Crippen LogP contribution < -0.4 is 4.90 Å². The highest BCUT2D eigenvalue weighted by Gasteiger charge is 2.10. The first kappa shape index (κ1) is 16.1. The molecule has 1 aliphatic heterocycles. The maximum absolute atomic E-state index is 6.36. The van der Waals surface area contributed by atoms with E-state index in [4.69, 9.17) is 16.3 Å². The summed E-state index contributed by atoms with van der Waals surface area (Å²) in [5.41, 5.74) is 4.16. The summed E-state index contributed by atoms with van der Waals surface area (Å²) >= 11 is 6.36. The molecule has 1 aliphatic rings. The van der Waals surface area contributed by atoms with E-state index in [9.17, 15) is 0 Å². The van der Waals surface area contributed by atoms with E-state index in [-0.39, 0.29) is 0 Å². The molecular formula is C21H19ClN2O. The molecule has 0 radical (unpaired) electrons. The fourth-order valence-corrected chi connectivity index (χ4v) is 3.31. The van der Waals surface area contributed by atoms with Crippen molar-refractivity contribution in [3.8, 4) is 0 Å². The number of ether oxygens (including phenoxy) is 1. The number of morpholine rings is 1. The van der Waals surface area contributed by atoms with Crippen molar-refractivity contribution in [1.82, 2.24) is 4.98 Å². The van der Waals surface area contributed by atoms with Crippen molar-refractivity contribution >= 4 is 40.3 Å². The number of hydrogen-bond donors (Lipinski definition) is 0. The summed E-state index contributed by atoms with van der Waals surface area (Å²) < 4.78 is 5.40. The van der Waals surface area contributed by atoms with Gasteiger partial charge in [-0.3, -0.25) is 0 Å². The Bertz CT molecular complexity index is 899. The average molecular weight is 351 g/mol. The van der Waals surface area contributed by atoms with E-state index in [0.717, 1.165) is 53.5 Å². The van der Waals surface area contributed by atoms with E-state index in [1.165, 1.54) is 5.69 Å². The monoisotopic (exact) mass is 350 g/mol. The first-order valence-electron chi connectivity index (χ1n) is 8.46. The second kappa shape index (κ2) is 7.26. The Morgan fingerprint density at radius 3 is 2.52 bits per heavy atom. The standard InChI is InChI=1S/C21H19ClN2O/c22-20-15-17(23-21-4-2-1-3-19(20)21)8-5-16-6-9-18(10-7-16)24-11-13-25-14-12-24/h1-10,15H,11-14H2/b8-5+. The molecule has 1 aromatic heterocycles. The van der Waals surface area contributed by atoms with Gasteiger partial charge in [-0.2, -0.15) is 0 Å². The minimum atomic E-state index is 0.730. The third-order valence-electron chi connectivity index (χ3n) is 4.40. The van der Waals surface area contributed by atoms with Gasteiger partial charge in [-0.05, 0) is 35.9 Å². The van der Waals surface area contributed by atoms with Gasteiger partial charge >= 0.3 is 0 Å². The molecule has 0 bridgehead atoms. The highest BCUT2D eigenvalue weighted by Crippen LogP contribution is 2.24. The summed E-state index contributed by atoms with van der Waals surface area (Å²) in [7, 11) is 0. The second-order valence-corrected chi connectivity index (χ2v) is 6.48. The lowest BCUT2D eigenvalue weighted by atomic mass is 10.1. The molecule has 1 fully saturated rings. The number of halogens is 1. The van der Waals surface area contributed by atoms with Gasteiger partial charge in [0.1, 0.15) is 0 Å². The van der Waals surface area contributed by atoms with Crippen molar-refractivity contribution in [3.63, 3.8) is 0 Å². The van der Waals surface area contributed by atoms with Gasteiger partial charge < -0.3 is 9.64 Å². The topological polar surface area (TPSA) is 25.4 Å². The second-order valence-electron chi connectivity index (χ2n) is 6.07. The van der Waals surface area contributed by atoms with Crippen LogP contribution in [0.1, 0.15) is 11.3 Å². The summed E-state index contributed by atoms with van der Waals surface area (Å²) in [4.78, 5) is 7.00. The molecule has 3 aromatic rings. The molecule has 4 rings (SSSR count). The van der Waals surface area contributed by atoms with E-state index in [2.05, 4.69) is 40.2 Å². The summed E-state index contributed by atoms with van der Waals surface area (Å²) in [6.45, 7) is 3.51. The largest absolute Gasteiger partial charge is 0.378 e. The molecule has 4 heteroatoms. The van der Waals surface area contributed by atoms with Crippen LogP contribution in [-0.2, 0) is 4.74 Å². The summed E-state index contributed by atoms with van der Waals surface area (Å²) in [5, 5.41) is 1.71. The van der Waals surface area contributed by atoms with Gasteiger partial charge in [0.25, 0.3) is 0 Å². The fourth-order valence-electron chi connectivity index (χ4n) is 3.04. The van der Waals surface area contributed by atoms with Crippen molar-refractivity contribution in [1.29, 1.82) is 0 Å². The van der Waals surface area contributed by atoms with Crippen LogP contribution in [0.3, 0.4) is 0 Å². The van der Waals surface area contributed by atoms with Crippen LogP contribution in [0.25, 0.3) is 23.1 Å². The van der Waals surface area contributed by atoms with Gasteiger partial charge in [-0.1, -0.05) is 48.0 Å². The number of rotatable bonds is 3. The molecular weight excluding hydrogens is 332 g/mol. The number of aromatic nitrogens is 1. The Kier molecular flexibility index (Phi) is 4.68. The fraction of sp³-hybridized carbons (Fsp3) is 0.190. The van der Waals surface area contributed by atoms with Crippen LogP contribution in [-0.4, -0.2) is 31.3 Å². The molecule has 3 nitrogen and oxygen atoms in total. The molecule has 2 heterocycles. The van der Waals surface area contributed by atoms with Gasteiger partial charge in [0.05, 0.1) is 29.4 Å². The number of anilines is 1. The molecule has 126 valence electrons. The van der Waals surface area contributed by atoms with E-state index in [1.54, 1.807) is 0 Å². The number of benzene rings is 2. The Morgan fingerprint density at radius 2 is 1.72 bits per heavy atom. The van der Waals surface area contributed by atoms with Crippen molar-refractivity contribution in [2.24, 2.45) is 0 Å². The van der Waals surface area contributed by atoms with Crippen LogP contribution in [0.4, 0.5) is 5.69 Å². The van der Waals surface area contributed by atoms with Crippen molar-refractivity contribution < 1.29 is 4.74 Å². The molecule has 2 aromatic carbocycles. The normalized spacial score (nSPS) is 15.2. The Labute approximate surface area is 152 Å². The Hall–Kier alpha value is -2.36. The molecule has 0 N–H and O–H groups in total. The van der Waals surface area contributed by atoms with E-state index in [0.29, 0.717) is 0 Å². The maximum atomic E-state index is 6.36. The third-order valence-corrected chi connectivity index (χ3v) is 4.71. The lowest BCUT2D eigenvalue weighted by Gasteiger charge is -2.28. The van der Waals surface area contributed by atoms with Gasteiger partial charge in [0.15, 0.2) is 0 Å². The molecule has 0 saturated carbocycles. The van der Waals surface area contributed by atoms with Gasteiger partial charge in [0.2, 0.25) is 0 Å². The molecule has 0 atom stereocenters. The minimum absolute atomic E-state index is 0.730. The highest BCUT2D eigenvalue weighted by molar-refractivity contribution is 6.35. The zero-order valence-electron chi connectivity index (χ0n) is 13.9. The van der Waals surface area contributed by atoms with Crippen molar-refractivity contribution in [2.75, 3.05) is 31.2 Å². The molecule has 25 heavy (non-hydrogen) atoms. The zero-order valence-corrected chi connectivity index (χ0v) is 14.6. The lowest BCUT2D eigenvalue weighted by molar-refractivity contribution is 0.122. The van der Waals surface area contributed by atoms with Crippen LogP contribution in [0.5, 0.6) is 0 Å². The Balaban J connectivity index is 1.53. The molecule has 0 amide bonds. The predicted octanol–water partition coefficient (Wildman–Crippen LogP) is 4.90. The first-order chi connectivity index (χ1) is 12.3. The van der Waals surface area contributed by atoms with Crippen LogP contribution in [0.2, 0.25) is 5.02 Å². The van der Waals surface area contributed by atoms with E-state index >= 15 is 0 Å². The lowest BCUT2D eigenvalue weighted by Crippen LogP contribution is -2.36. The van der Waals surface area contributed by atoms with Crippen LogP contribution in [0, 0.1) is 0 Å². The molecule has 0 aliphatic carbocycles. The highest BCUT2D eigenvalue weighted by atomic mass is 35.5. The van der Waals surface area contributed by atoms with Crippen molar-refractivity contribution in [3.05, 3.63) is 70.9 Å². The van der Waals surface area contributed by atoms with Gasteiger partial charge in [-0.15, -0.1) is 0 Å². The SMILES string of the molecule is Clc1cc(/C=C/c2ccc(N3CCOCC3)cc2)nc2ccccc12. The predicted molar refractivity (Wildman–Crippen MR) is 105 cm³/mol. The summed E-state index contributed by atoms with van der Waals surface area (Å²) in [6.07, 6.45) is 4.07. The van der Waals surface area contributed by atoms with E-state index in [1.807, 2.05) is 36.4 Å². The average Bonchev–Trinajstić information content (AvgIpc) is 2.68. The van der Waals surface area contributed by atoms with Crippen LogP contribution in [0.15, 0.2) is 54.6 Å². The quantitative estimate of drug-likeness (QED) is 0.672. The number of hydrogen-bond acceptors (Lipinski definition) is 3. The number of para-hydroxylation sites is 1. The number of pyridine rings is 1. The zero-order chi connectivity index (χ0) is 17.1. The van der Waals surface area contributed by atoms with Crippen molar-refractivity contribution in [2.45, 2.75) is 0 Å². The van der Waals surface area contributed by atoms with Gasteiger partial charge in [-0.25, -0.2) is 4.98 Å². The minimum Gasteiger partial charge on any atom is -0.378 e. The summed E-state index contributed by atoms with van der Waals surface area (Å²) in [6, 6.07) is 18.4. The summed E-state index contributed by atoms with van der Waals surface area (Å²) in [5.74, 6) is 0. The third kappa shape index (κ3) is 3.68. The maximum Gasteiger partial charge on any atom is 0.0724 e. The van der Waals surface area contributed by atoms with E-state index < -0.39 is 0 Å².